The van der Waals surface area contributed by atoms with Crippen molar-refractivity contribution in [2.24, 2.45) is 0 Å². The maximum Gasteiger partial charge on any atom is 0.416 e. The van der Waals surface area contributed by atoms with Crippen LogP contribution in [-0.2, 0) is 15.9 Å². The SMILES string of the molecule is CCN1[C@H](C)CN(C(=O)N(Cc2ccc(C(=O)NOI)cc2)c2cccc(C(F)(F)F)c2)C[C@@H]1C. The molecular formula is C24H28F3IN4O3. The lowest BCUT2D eigenvalue weighted by Gasteiger charge is -2.45. The summed E-state index contributed by atoms with van der Waals surface area (Å²) in [5.74, 6) is -0.437. The monoisotopic (exact) mass is 604 g/mol. The molecule has 1 heterocycles. The molecule has 35 heavy (non-hydrogen) atoms. The van der Waals surface area contributed by atoms with Crippen molar-refractivity contribution in [3.63, 3.8) is 0 Å². The molecule has 3 rings (SSSR count). The quantitative estimate of drug-likeness (QED) is 0.361. The number of carbonyl (C=O) groups excluding carboxylic acids is 2. The highest BCUT2D eigenvalue weighted by atomic mass is 127. The Morgan fingerprint density at radius 2 is 1.74 bits per heavy atom. The van der Waals surface area contributed by atoms with Crippen LogP contribution in [0.5, 0.6) is 0 Å². The topological polar surface area (TPSA) is 65.1 Å². The Morgan fingerprint density at radius 1 is 1.11 bits per heavy atom. The number of hydrogen-bond donors (Lipinski definition) is 1. The van der Waals surface area contributed by atoms with Crippen molar-refractivity contribution in [2.75, 3.05) is 24.5 Å². The van der Waals surface area contributed by atoms with E-state index in [9.17, 15) is 22.8 Å². The molecule has 2 aromatic rings. The van der Waals surface area contributed by atoms with Crippen molar-refractivity contribution in [1.82, 2.24) is 15.3 Å². The van der Waals surface area contributed by atoms with Crippen LogP contribution in [0.25, 0.3) is 0 Å². The molecule has 3 amide bonds. The van der Waals surface area contributed by atoms with Gasteiger partial charge in [-0.2, -0.15) is 13.2 Å². The number of carbonyl (C=O) groups is 2. The fourth-order valence-corrected chi connectivity index (χ4v) is 4.66. The number of anilines is 1. The fraction of sp³-hybridized carbons (Fsp3) is 0.417. The van der Waals surface area contributed by atoms with E-state index in [-0.39, 0.29) is 30.3 Å². The van der Waals surface area contributed by atoms with E-state index in [1.165, 1.54) is 40.0 Å². The van der Waals surface area contributed by atoms with Gasteiger partial charge in [-0.05, 0) is 56.3 Å². The Balaban J connectivity index is 1.92. The molecular weight excluding hydrogens is 576 g/mol. The Hall–Kier alpha value is -2.38. The minimum absolute atomic E-state index is 0.0432. The number of likely N-dealkylation sites (N-methyl/N-ethyl adjacent to an activating group) is 1. The summed E-state index contributed by atoms with van der Waals surface area (Å²) in [4.78, 5) is 31.0. The maximum absolute atomic E-state index is 13.7. The second-order valence-electron chi connectivity index (χ2n) is 8.56. The normalized spacial score (nSPS) is 18.9. The number of urea groups is 1. The van der Waals surface area contributed by atoms with Gasteiger partial charge >= 0.3 is 12.2 Å². The first-order valence-electron chi connectivity index (χ1n) is 11.2. The van der Waals surface area contributed by atoms with Crippen molar-refractivity contribution in [1.29, 1.82) is 0 Å². The molecule has 0 bridgehead atoms. The van der Waals surface area contributed by atoms with Crippen molar-refractivity contribution < 1.29 is 25.9 Å². The molecule has 190 valence electrons. The fourth-order valence-electron chi connectivity index (χ4n) is 4.46. The largest absolute Gasteiger partial charge is 0.416 e. The first-order valence-corrected chi connectivity index (χ1v) is 12.1. The van der Waals surface area contributed by atoms with E-state index < -0.39 is 17.6 Å². The number of hydroxylamine groups is 1. The van der Waals surface area contributed by atoms with E-state index in [4.69, 9.17) is 0 Å². The van der Waals surface area contributed by atoms with Gasteiger partial charge in [0.1, 0.15) is 23.0 Å². The zero-order valence-corrected chi connectivity index (χ0v) is 21.8. The minimum atomic E-state index is -4.53. The molecule has 1 N–H and O–H groups in total. The van der Waals surface area contributed by atoms with E-state index >= 15 is 0 Å². The Morgan fingerprint density at radius 3 is 2.29 bits per heavy atom. The molecule has 0 saturated carbocycles. The standard InChI is InChI=1S/C24H28F3IN4O3/c1-4-31-16(2)13-30(14-17(31)3)23(34)32(21-7-5-6-20(12-21)24(25,26)27)15-18-8-10-19(11-9-18)22(33)29-35-28/h5-12,16-17H,4,13-15H2,1-3H3,(H,29,33)/t16-,17+. The van der Waals surface area contributed by atoms with Crippen LogP contribution in [0.15, 0.2) is 48.5 Å². The van der Waals surface area contributed by atoms with Crippen LogP contribution in [0.1, 0.15) is 42.3 Å². The maximum atomic E-state index is 13.7. The molecule has 0 radical (unpaired) electrons. The molecule has 0 unspecified atom stereocenters. The molecule has 1 fully saturated rings. The predicted molar refractivity (Wildman–Crippen MR) is 135 cm³/mol. The predicted octanol–water partition coefficient (Wildman–Crippen LogP) is 5.26. The number of piperazine rings is 1. The van der Waals surface area contributed by atoms with Gasteiger partial charge in [0.2, 0.25) is 0 Å². The van der Waals surface area contributed by atoms with Crippen LogP contribution in [0.2, 0.25) is 0 Å². The summed E-state index contributed by atoms with van der Waals surface area (Å²) in [5.41, 5.74) is 2.56. The Labute approximate surface area is 216 Å². The van der Waals surface area contributed by atoms with Crippen LogP contribution in [-0.4, -0.2) is 53.5 Å². The number of benzene rings is 2. The molecule has 1 saturated heterocycles. The van der Waals surface area contributed by atoms with Crippen LogP contribution in [0.4, 0.5) is 23.7 Å². The van der Waals surface area contributed by atoms with Gasteiger partial charge in [-0.1, -0.05) is 25.1 Å². The zero-order valence-electron chi connectivity index (χ0n) is 19.7. The van der Waals surface area contributed by atoms with Crippen molar-refractivity contribution >= 4 is 40.6 Å². The summed E-state index contributed by atoms with van der Waals surface area (Å²) in [6, 6.07) is 11.1. The van der Waals surface area contributed by atoms with Crippen molar-refractivity contribution in [3.05, 3.63) is 65.2 Å². The van der Waals surface area contributed by atoms with E-state index in [2.05, 4.69) is 20.5 Å². The van der Waals surface area contributed by atoms with E-state index in [0.29, 0.717) is 24.2 Å². The lowest BCUT2D eigenvalue weighted by molar-refractivity contribution is -0.137. The van der Waals surface area contributed by atoms with E-state index in [1.807, 2.05) is 13.8 Å². The molecule has 1 aliphatic rings. The van der Waals surface area contributed by atoms with Gasteiger partial charge in [0.25, 0.3) is 5.91 Å². The van der Waals surface area contributed by atoms with E-state index in [1.54, 1.807) is 29.2 Å². The first-order chi connectivity index (χ1) is 16.5. The number of alkyl halides is 3. The average Bonchev–Trinajstić information content (AvgIpc) is 2.82. The molecule has 2 atom stereocenters. The van der Waals surface area contributed by atoms with Crippen LogP contribution in [0.3, 0.4) is 0 Å². The Bertz CT molecular complexity index is 1020. The highest BCUT2D eigenvalue weighted by Crippen LogP contribution is 2.32. The number of hydrogen-bond acceptors (Lipinski definition) is 4. The van der Waals surface area contributed by atoms with Gasteiger partial charge < -0.3 is 4.90 Å². The lowest BCUT2D eigenvalue weighted by atomic mass is 10.1. The third kappa shape index (κ3) is 6.64. The van der Waals surface area contributed by atoms with Crippen molar-refractivity contribution in [3.8, 4) is 0 Å². The summed E-state index contributed by atoms with van der Waals surface area (Å²) in [5, 5.41) is 0. The number of nitrogens with zero attached hydrogens (tertiary/aromatic N) is 3. The lowest BCUT2D eigenvalue weighted by Crippen LogP contribution is -2.60. The van der Waals surface area contributed by atoms with Gasteiger partial charge in [-0.3, -0.25) is 14.6 Å². The van der Waals surface area contributed by atoms with E-state index in [0.717, 1.165) is 18.7 Å². The minimum Gasteiger partial charge on any atom is -0.321 e. The number of halogens is 4. The molecule has 1 aliphatic heterocycles. The highest BCUT2D eigenvalue weighted by molar-refractivity contribution is 14.1. The molecule has 0 aromatic heterocycles. The van der Waals surface area contributed by atoms with Gasteiger partial charge in [0, 0.05) is 36.4 Å². The third-order valence-corrected chi connectivity index (χ3v) is 6.36. The molecule has 11 heteroatoms. The summed E-state index contributed by atoms with van der Waals surface area (Å²) in [6.07, 6.45) is -4.53. The van der Waals surface area contributed by atoms with Gasteiger partial charge in [0.05, 0.1) is 12.1 Å². The first kappa shape index (κ1) is 27.2. The number of amides is 3. The summed E-state index contributed by atoms with van der Waals surface area (Å²) in [7, 11) is 0. The van der Waals surface area contributed by atoms with Crippen LogP contribution >= 0.6 is 23.0 Å². The van der Waals surface area contributed by atoms with Gasteiger partial charge in [-0.15, -0.1) is 0 Å². The number of nitrogens with one attached hydrogen (secondary N) is 1. The molecule has 7 nitrogen and oxygen atoms in total. The van der Waals surface area contributed by atoms with Gasteiger partial charge in [0.15, 0.2) is 0 Å². The zero-order chi connectivity index (χ0) is 25.8. The smallest absolute Gasteiger partial charge is 0.321 e. The number of rotatable bonds is 6. The second-order valence-corrected chi connectivity index (χ2v) is 9.00. The molecule has 0 spiro atoms. The van der Waals surface area contributed by atoms with Crippen LogP contribution in [0, 0.1) is 0 Å². The second kappa shape index (κ2) is 11.6. The van der Waals surface area contributed by atoms with Crippen LogP contribution < -0.4 is 10.4 Å². The molecule has 2 aromatic carbocycles. The highest BCUT2D eigenvalue weighted by Gasteiger charge is 2.35. The van der Waals surface area contributed by atoms with Crippen molar-refractivity contribution in [2.45, 2.75) is 45.6 Å². The summed E-state index contributed by atoms with van der Waals surface area (Å²) >= 11 is 1.54. The molecule has 0 aliphatic carbocycles. The average molecular weight is 604 g/mol. The Kier molecular flexibility index (Phi) is 9.00. The third-order valence-electron chi connectivity index (χ3n) is 6.14. The van der Waals surface area contributed by atoms with Gasteiger partial charge in [-0.25, -0.2) is 13.4 Å². The summed E-state index contributed by atoms with van der Waals surface area (Å²) < 4.78 is 44.8. The summed E-state index contributed by atoms with van der Waals surface area (Å²) in [6.45, 7) is 7.99.